The van der Waals surface area contributed by atoms with Crippen molar-refractivity contribution in [3.63, 3.8) is 0 Å². The molecule has 0 spiro atoms. The molecule has 7 heteroatoms. The maximum atomic E-state index is 14.0. The Bertz CT molecular complexity index is 886. The molecule has 0 saturated carbocycles. The summed E-state index contributed by atoms with van der Waals surface area (Å²) in [5, 5.41) is 9.95. The molecule has 25 heavy (non-hydrogen) atoms. The number of aryl methyl sites for hydroxylation is 1. The van der Waals surface area contributed by atoms with E-state index in [2.05, 4.69) is 0 Å². The summed E-state index contributed by atoms with van der Waals surface area (Å²) in [5.41, 5.74) is 1.25. The third-order valence-electron chi connectivity index (χ3n) is 4.37. The second-order valence-corrected chi connectivity index (χ2v) is 8.30. The smallest absolute Gasteiger partial charge is 0.219 e. The van der Waals surface area contributed by atoms with Crippen LogP contribution in [-0.2, 0) is 15.8 Å². The standard InChI is InChI=1S/C18H19F2NO3S/c1-12-5-6-14(17(20)7-12)11-25(23,24)21-10-16(22)9-18(21)13-3-2-4-15(19)8-13/h2-8,16,18,22H,9-11H2,1H3. The normalized spacial score (nSPS) is 21.6. The number of β-amino-alcohol motifs (C(OH)–C–C–N with tert-alkyl or cyclic N) is 1. The van der Waals surface area contributed by atoms with E-state index < -0.39 is 39.6 Å². The minimum Gasteiger partial charge on any atom is -0.392 e. The summed E-state index contributed by atoms with van der Waals surface area (Å²) in [6, 6.07) is 9.38. The molecule has 0 aromatic heterocycles. The number of benzene rings is 2. The molecule has 0 aliphatic carbocycles. The summed E-state index contributed by atoms with van der Waals surface area (Å²) in [4.78, 5) is 0. The van der Waals surface area contributed by atoms with Gasteiger partial charge in [-0.15, -0.1) is 0 Å². The van der Waals surface area contributed by atoms with Crippen molar-refractivity contribution in [3.8, 4) is 0 Å². The van der Waals surface area contributed by atoms with Gasteiger partial charge in [-0.1, -0.05) is 24.3 Å². The third-order valence-corrected chi connectivity index (χ3v) is 6.16. The van der Waals surface area contributed by atoms with Gasteiger partial charge in [-0.25, -0.2) is 17.2 Å². The van der Waals surface area contributed by atoms with Crippen molar-refractivity contribution < 1.29 is 22.3 Å². The lowest BCUT2D eigenvalue weighted by Gasteiger charge is -2.24. The lowest BCUT2D eigenvalue weighted by molar-refractivity contribution is 0.188. The summed E-state index contributed by atoms with van der Waals surface area (Å²) < 4.78 is 54.3. The minimum atomic E-state index is -3.88. The maximum absolute atomic E-state index is 14.0. The molecule has 1 heterocycles. The van der Waals surface area contributed by atoms with Crippen LogP contribution in [0.2, 0.25) is 0 Å². The van der Waals surface area contributed by atoms with E-state index in [1.165, 1.54) is 30.3 Å². The number of rotatable bonds is 4. The number of aliphatic hydroxyl groups is 1. The van der Waals surface area contributed by atoms with Gasteiger partial charge in [-0.3, -0.25) is 0 Å². The zero-order chi connectivity index (χ0) is 18.2. The fourth-order valence-corrected chi connectivity index (χ4v) is 4.94. The molecule has 2 aromatic rings. The zero-order valence-electron chi connectivity index (χ0n) is 13.7. The second-order valence-electron chi connectivity index (χ2n) is 6.38. The Morgan fingerprint density at radius 3 is 2.64 bits per heavy atom. The largest absolute Gasteiger partial charge is 0.392 e. The molecule has 1 N–H and O–H groups in total. The van der Waals surface area contributed by atoms with Crippen LogP contribution in [0, 0.1) is 18.6 Å². The van der Waals surface area contributed by atoms with Crippen LogP contribution in [-0.4, -0.2) is 30.5 Å². The van der Waals surface area contributed by atoms with Crippen LogP contribution >= 0.6 is 0 Å². The van der Waals surface area contributed by atoms with Crippen LogP contribution in [0.4, 0.5) is 8.78 Å². The second kappa shape index (κ2) is 6.82. The van der Waals surface area contributed by atoms with E-state index in [-0.39, 0.29) is 18.5 Å². The van der Waals surface area contributed by atoms with E-state index in [0.717, 1.165) is 4.31 Å². The third kappa shape index (κ3) is 3.89. The highest BCUT2D eigenvalue weighted by molar-refractivity contribution is 7.88. The van der Waals surface area contributed by atoms with Gasteiger partial charge < -0.3 is 5.11 Å². The van der Waals surface area contributed by atoms with Gasteiger partial charge in [0.2, 0.25) is 10.0 Å². The van der Waals surface area contributed by atoms with Crippen molar-refractivity contribution in [1.82, 2.24) is 4.31 Å². The number of halogens is 2. The average molecular weight is 367 g/mol. The van der Waals surface area contributed by atoms with Crippen molar-refractivity contribution in [1.29, 1.82) is 0 Å². The molecular formula is C18H19F2NO3S. The van der Waals surface area contributed by atoms with Gasteiger partial charge in [0.1, 0.15) is 11.6 Å². The van der Waals surface area contributed by atoms with Crippen LogP contribution in [0.25, 0.3) is 0 Å². The quantitative estimate of drug-likeness (QED) is 0.904. The first-order valence-electron chi connectivity index (χ1n) is 7.94. The first-order chi connectivity index (χ1) is 11.8. The summed E-state index contributed by atoms with van der Waals surface area (Å²) in [7, 11) is -3.88. The molecule has 0 amide bonds. The molecule has 2 aromatic carbocycles. The van der Waals surface area contributed by atoms with E-state index >= 15 is 0 Å². The monoisotopic (exact) mass is 367 g/mol. The number of sulfonamides is 1. The predicted octanol–water partition coefficient (Wildman–Crippen LogP) is 2.91. The fraction of sp³-hybridized carbons (Fsp3) is 0.333. The van der Waals surface area contributed by atoms with Crippen LogP contribution in [0.5, 0.6) is 0 Å². The highest BCUT2D eigenvalue weighted by Crippen LogP contribution is 2.35. The maximum Gasteiger partial charge on any atom is 0.219 e. The van der Waals surface area contributed by atoms with Gasteiger partial charge >= 0.3 is 0 Å². The molecule has 1 saturated heterocycles. The summed E-state index contributed by atoms with van der Waals surface area (Å²) >= 11 is 0. The lowest BCUT2D eigenvalue weighted by Crippen LogP contribution is -2.33. The molecule has 1 aliphatic rings. The van der Waals surface area contributed by atoms with Gasteiger partial charge in [0.25, 0.3) is 0 Å². The van der Waals surface area contributed by atoms with Crippen LogP contribution in [0.1, 0.15) is 29.2 Å². The number of hydrogen-bond acceptors (Lipinski definition) is 3. The fourth-order valence-electron chi connectivity index (χ4n) is 3.16. The van der Waals surface area contributed by atoms with Gasteiger partial charge in [0.15, 0.2) is 0 Å². The van der Waals surface area contributed by atoms with Gasteiger partial charge in [0, 0.05) is 12.1 Å². The first kappa shape index (κ1) is 18.0. The Balaban J connectivity index is 1.91. The number of hydrogen-bond donors (Lipinski definition) is 1. The molecule has 0 bridgehead atoms. The minimum absolute atomic E-state index is 0.0741. The molecule has 1 aliphatic heterocycles. The van der Waals surface area contributed by atoms with Crippen LogP contribution in [0.15, 0.2) is 42.5 Å². The molecule has 134 valence electrons. The molecule has 0 radical (unpaired) electrons. The Labute approximate surface area is 145 Å². The van der Waals surface area contributed by atoms with E-state index in [9.17, 15) is 22.3 Å². The molecular weight excluding hydrogens is 348 g/mol. The van der Waals surface area contributed by atoms with Crippen molar-refractivity contribution in [2.24, 2.45) is 0 Å². The predicted molar refractivity (Wildman–Crippen MR) is 90.2 cm³/mol. The highest BCUT2D eigenvalue weighted by Gasteiger charge is 2.40. The van der Waals surface area contributed by atoms with Crippen molar-refractivity contribution in [3.05, 3.63) is 70.8 Å². The van der Waals surface area contributed by atoms with Gasteiger partial charge in [-0.05, 0) is 42.7 Å². The Hall–Kier alpha value is -1.83. The number of nitrogens with zero attached hydrogens (tertiary/aromatic N) is 1. The van der Waals surface area contributed by atoms with Gasteiger partial charge in [-0.2, -0.15) is 4.31 Å². The SMILES string of the molecule is Cc1ccc(CS(=O)(=O)N2CC(O)CC2c2cccc(F)c2)c(F)c1. The van der Waals surface area contributed by atoms with Gasteiger partial charge in [0.05, 0.1) is 17.9 Å². The van der Waals surface area contributed by atoms with Crippen molar-refractivity contribution in [2.75, 3.05) is 6.54 Å². The summed E-state index contributed by atoms with van der Waals surface area (Å²) in [6.07, 6.45) is -0.662. The van der Waals surface area contributed by atoms with Crippen LogP contribution in [0.3, 0.4) is 0 Å². The molecule has 3 rings (SSSR count). The molecule has 4 nitrogen and oxygen atoms in total. The Morgan fingerprint density at radius 1 is 1.20 bits per heavy atom. The van der Waals surface area contributed by atoms with E-state index in [0.29, 0.717) is 11.1 Å². The van der Waals surface area contributed by atoms with Crippen molar-refractivity contribution in [2.45, 2.75) is 31.2 Å². The van der Waals surface area contributed by atoms with Crippen LogP contribution < -0.4 is 0 Å². The number of aliphatic hydroxyl groups excluding tert-OH is 1. The lowest BCUT2D eigenvalue weighted by atomic mass is 10.0. The molecule has 2 atom stereocenters. The van der Waals surface area contributed by atoms with Crippen molar-refractivity contribution >= 4 is 10.0 Å². The summed E-state index contributed by atoms with van der Waals surface area (Å²) in [6.45, 7) is 1.63. The topological polar surface area (TPSA) is 57.6 Å². The van der Waals surface area contributed by atoms with E-state index in [4.69, 9.17) is 0 Å². The zero-order valence-corrected chi connectivity index (χ0v) is 14.5. The highest BCUT2D eigenvalue weighted by atomic mass is 32.2. The average Bonchev–Trinajstić information content (AvgIpc) is 2.93. The first-order valence-corrected chi connectivity index (χ1v) is 9.55. The van der Waals surface area contributed by atoms with E-state index in [1.807, 2.05) is 0 Å². The summed E-state index contributed by atoms with van der Waals surface area (Å²) in [5.74, 6) is -1.55. The van der Waals surface area contributed by atoms with E-state index in [1.54, 1.807) is 19.1 Å². The Kier molecular flexibility index (Phi) is 4.90. The Morgan fingerprint density at radius 2 is 1.96 bits per heavy atom. The molecule has 2 unspecified atom stereocenters. The molecule has 1 fully saturated rings.